The fourth-order valence-electron chi connectivity index (χ4n) is 5.04. The lowest BCUT2D eigenvalue weighted by molar-refractivity contribution is -0.138. The molecule has 1 aliphatic carbocycles. The molecular weight excluding hydrogens is 492 g/mol. The fraction of sp³-hybridized carbons (Fsp3) is 0.400. The molecule has 1 saturated carbocycles. The highest BCUT2D eigenvalue weighted by molar-refractivity contribution is 7.13. The Morgan fingerprint density at radius 2 is 1.83 bits per heavy atom. The van der Waals surface area contributed by atoms with Gasteiger partial charge in [0.05, 0.1) is 4.88 Å². The molecular formula is C25H25ClN2O6S. The molecule has 0 unspecified atom stereocenters. The number of hydrogen-bond acceptors (Lipinski definition) is 6. The van der Waals surface area contributed by atoms with Crippen molar-refractivity contribution in [2.75, 3.05) is 6.79 Å². The molecule has 35 heavy (non-hydrogen) atoms. The second-order valence-corrected chi connectivity index (χ2v) is 10.5. The third kappa shape index (κ3) is 5.01. The normalized spacial score (nSPS) is 19.1. The molecule has 0 radical (unpaired) electrons. The monoisotopic (exact) mass is 516 g/mol. The largest absolute Gasteiger partial charge is 0.481 e. The first kappa shape index (κ1) is 23.7. The number of aliphatic carboxylic acids is 1. The van der Waals surface area contributed by atoms with Crippen LogP contribution in [0.3, 0.4) is 0 Å². The van der Waals surface area contributed by atoms with Gasteiger partial charge in [-0.15, -0.1) is 11.3 Å². The van der Waals surface area contributed by atoms with Crippen molar-refractivity contribution >= 4 is 34.9 Å². The Bertz CT molecular complexity index is 1250. The average Bonchev–Trinajstić information content (AvgIpc) is 3.55. The minimum absolute atomic E-state index is 0.128. The third-order valence-electron chi connectivity index (χ3n) is 6.78. The van der Waals surface area contributed by atoms with Crippen molar-refractivity contribution in [2.24, 2.45) is 11.8 Å². The summed E-state index contributed by atoms with van der Waals surface area (Å²) in [4.78, 5) is 24.4. The summed E-state index contributed by atoms with van der Waals surface area (Å²) >= 11 is 8.04. The van der Waals surface area contributed by atoms with Gasteiger partial charge in [0.1, 0.15) is 5.69 Å². The van der Waals surface area contributed by atoms with E-state index in [1.54, 1.807) is 16.8 Å². The van der Waals surface area contributed by atoms with Gasteiger partial charge < -0.3 is 19.7 Å². The van der Waals surface area contributed by atoms with Crippen LogP contribution in [0.25, 0.3) is 10.6 Å². The smallest absolute Gasteiger partial charge is 0.354 e. The van der Waals surface area contributed by atoms with E-state index in [9.17, 15) is 14.7 Å². The summed E-state index contributed by atoms with van der Waals surface area (Å²) in [7, 11) is 0. The van der Waals surface area contributed by atoms with E-state index in [2.05, 4.69) is 0 Å². The lowest BCUT2D eigenvalue weighted by Gasteiger charge is -2.27. The van der Waals surface area contributed by atoms with Crippen molar-refractivity contribution in [3.63, 3.8) is 0 Å². The zero-order chi connectivity index (χ0) is 24.5. The molecule has 10 heteroatoms. The van der Waals surface area contributed by atoms with E-state index < -0.39 is 11.9 Å². The molecule has 5 rings (SSSR count). The van der Waals surface area contributed by atoms with Gasteiger partial charge in [0.15, 0.2) is 17.2 Å². The Morgan fingerprint density at radius 1 is 1.11 bits per heavy atom. The maximum absolute atomic E-state index is 12.5. The predicted molar refractivity (Wildman–Crippen MR) is 131 cm³/mol. The number of carboxylic acids is 2. The zero-order valence-electron chi connectivity index (χ0n) is 18.9. The van der Waals surface area contributed by atoms with Crippen LogP contribution in [0.15, 0.2) is 29.6 Å². The van der Waals surface area contributed by atoms with Crippen LogP contribution in [-0.4, -0.2) is 38.7 Å². The van der Waals surface area contributed by atoms with Crippen molar-refractivity contribution < 1.29 is 29.3 Å². The zero-order valence-corrected chi connectivity index (χ0v) is 20.5. The second-order valence-electron chi connectivity index (χ2n) is 9.10. The summed E-state index contributed by atoms with van der Waals surface area (Å²) in [6, 6.07) is 7.35. The molecule has 2 N–H and O–H groups in total. The third-order valence-corrected chi connectivity index (χ3v) is 8.01. The maximum Gasteiger partial charge on any atom is 0.354 e. The van der Waals surface area contributed by atoms with Crippen LogP contribution in [0.2, 0.25) is 5.02 Å². The quantitative estimate of drug-likeness (QED) is 0.403. The molecule has 2 aromatic heterocycles. The van der Waals surface area contributed by atoms with Gasteiger partial charge in [-0.2, -0.15) is 5.10 Å². The van der Waals surface area contributed by atoms with E-state index in [4.69, 9.17) is 31.3 Å². The number of fused-ring (bicyclic) bond motifs is 1. The summed E-state index contributed by atoms with van der Waals surface area (Å²) in [5, 5.41) is 26.5. The van der Waals surface area contributed by atoms with E-state index in [1.807, 2.05) is 17.5 Å². The van der Waals surface area contributed by atoms with Crippen molar-refractivity contribution in [1.29, 1.82) is 0 Å². The lowest BCUT2D eigenvalue weighted by atomic mass is 9.80. The highest BCUT2D eigenvalue weighted by atomic mass is 35.5. The van der Waals surface area contributed by atoms with Crippen LogP contribution in [-0.2, 0) is 17.8 Å². The topological polar surface area (TPSA) is 111 Å². The minimum Gasteiger partial charge on any atom is -0.481 e. The first-order valence-electron chi connectivity index (χ1n) is 11.6. The number of carbonyl (C=O) groups is 2. The van der Waals surface area contributed by atoms with E-state index in [-0.39, 0.29) is 37.2 Å². The number of carboxylic acid groups (broad SMARTS) is 2. The molecule has 1 aromatic carbocycles. The number of thiophene rings is 1. The van der Waals surface area contributed by atoms with Crippen LogP contribution in [0, 0.1) is 11.8 Å². The van der Waals surface area contributed by atoms with Gasteiger partial charge in [0.25, 0.3) is 0 Å². The number of hydrogen-bond donors (Lipinski definition) is 2. The van der Waals surface area contributed by atoms with Gasteiger partial charge in [-0.1, -0.05) is 17.7 Å². The van der Waals surface area contributed by atoms with Crippen molar-refractivity contribution in [3.05, 3.63) is 51.5 Å². The highest BCUT2D eigenvalue weighted by Crippen LogP contribution is 2.40. The lowest BCUT2D eigenvalue weighted by Crippen LogP contribution is -2.23. The average molecular weight is 517 g/mol. The Kier molecular flexibility index (Phi) is 6.71. The van der Waals surface area contributed by atoms with Gasteiger partial charge in [-0.3, -0.25) is 9.48 Å². The van der Waals surface area contributed by atoms with Crippen LogP contribution in [0.5, 0.6) is 11.5 Å². The molecule has 2 aliphatic rings. The number of nitrogens with zero attached hydrogens (tertiary/aromatic N) is 2. The molecule has 184 valence electrons. The summed E-state index contributed by atoms with van der Waals surface area (Å²) in [6.07, 6.45) is 3.85. The summed E-state index contributed by atoms with van der Waals surface area (Å²) in [5.74, 6) is -0.205. The van der Waals surface area contributed by atoms with E-state index in [0.29, 0.717) is 34.3 Å². The van der Waals surface area contributed by atoms with E-state index >= 15 is 0 Å². The second kappa shape index (κ2) is 9.91. The molecule has 0 atom stereocenters. The molecule has 0 saturated heterocycles. The molecule has 3 aromatic rings. The van der Waals surface area contributed by atoms with Crippen molar-refractivity contribution in [1.82, 2.24) is 9.78 Å². The van der Waals surface area contributed by atoms with E-state index in [0.717, 1.165) is 36.1 Å². The molecule has 1 fully saturated rings. The maximum atomic E-state index is 12.5. The molecule has 8 nitrogen and oxygen atoms in total. The highest BCUT2D eigenvalue weighted by Gasteiger charge is 2.29. The number of benzene rings is 1. The molecule has 0 amide bonds. The van der Waals surface area contributed by atoms with Crippen LogP contribution in [0.1, 0.15) is 53.7 Å². The molecule has 0 spiro atoms. The standard InChI is InChI=1S/C25H25ClN2O6S/c26-18-11-20-19(33-13-34-20)10-16(18)9-17-23(21-2-1-7-35-21)27-28(24(17)25(31)32)12-15-5-3-14(4-6-15)8-22(29)30/h1-2,7,10-11,14-15H,3-6,8-9,12-13H2,(H,29,30)(H,31,32). The number of aromatic nitrogens is 2. The Balaban J connectivity index is 1.47. The van der Waals surface area contributed by atoms with Gasteiger partial charge in [0, 0.05) is 36.0 Å². The van der Waals surface area contributed by atoms with Gasteiger partial charge in [-0.05, 0) is 60.6 Å². The van der Waals surface area contributed by atoms with Gasteiger partial charge in [0.2, 0.25) is 6.79 Å². The summed E-state index contributed by atoms with van der Waals surface area (Å²) < 4.78 is 12.5. The summed E-state index contributed by atoms with van der Waals surface area (Å²) in [5.41, 5.74) is 2.16. The number of rotatable bonds is 8. The Hall–Kier alpha value is -3.04. The molecule has 3 heterocycles. The minimum atomic E-state index is -1.04. The Labute approximate surface area is 211 Å². The van der Waals surface area contributed by atoms with Crippen molar-refractivity contribution in [3.8, 4) is 22.1 Å². The van der Waals surface area contributed by atoms with E-state index in [1.165, 1.54) is 11.3 Å². The van der Waals surface area contributed by atoms with Gasteiger partial charge >= 0.3 is 11.9 Å². The van der Waals surface area contributed by atoms with Crippen LogP contribution >= 0.6 is 22.9 Å². The first-order valence-corrected chi connectivity index (χ1v) is 12.8. The van der Waals surface area contributed by atoms with Gasteiger partial charge in [-0.25, -0.2) is 4.79 Å². The van der Waals surface area contributed by atoms with Crippen LogP contribution in [0.4, 0.5) is 0 Å². The predicted octanol–water partition coefficient (Wildman–Crippen LogP) is 5.56. The number of ether oxygens (including phenoxy) is 2. The molecule has 0 bridgehead atoms. The Morgan fingerprint density at radius 3 is 2.49 bits per heavy atom. The SMILES string of the molecule is O=C(O)CC1CCC(Cn2nc(-c3cccs3)c(Cc3cc4c(cc3Cl)OCO4)c2C(=O)O)CC1. The number of halogens is 1. The van der Waals surface area contributed by atoms with Crippen molar-refractivity contribution in [2.45, 2.75) is 45.1 Å². The summed E-state index contributed by atoms with van der Waals surface area (Å²) in [6.45, 7) is 0.608. The first-order chi connectivity index (χ1) is 16.9. The molecule has 1 aliphatic heterocycles. The van der Waals surface area contributed by atoms with Crippen LogP contribution < -0.4 is 9.47 Å². The fourth-order valence-corrected chi connectivity index (χ4v) is 6.00. The number of aromatic carboxylic acids is 1.